The summed E-state index contributed by atoms with van der Waals surface area (Å²) >= 11 is 0. The number of ether oxygens (including phenoxy) is 2. The lowest BCUT2D eigenvalue weighted by Crippen LogP contribution is -2.40. The molecule has 1 heterocycles. The molecule has 0 radical (unpaired) electrons. The number of sulfonamides is 1. The maximum Gasteiger partial charge on any atom is 0.319 e. The van der Waals surface area contributed by atoms with E-state index in [2.05, 4.69) is 10.6 Å². The van der Waals surface area contributed by atoms with Crippen LogP contribution in [0.3, 0.4) is 0 Å². The summed E-state index contributed by atoms with van der Waals surface area (Å²) < 4.78 is 38.0. The molecule has 0 aliphatic carbocycles. The number of carbonyl (C=O) groups is 1. The van der Waals surface area contributed by atoms with Gasteiger partial charge in [0, 0.05) is 19.6 Å². The Balaban J connectivity index is 2.30. The fourth-order valence-corrected chi connectivity index (χ4v) is 3.90. The number of nitrogens with zero attached hydrogens (tertiary/aromatic N) is 1. The van der Waals surface area contributed by atoms with E-state index in [1.807, 2.05) is 20.8 Å². The second-order valence-corrected chi connectivity index (χ2v) is 8.16. The Kier molecular flexibility index (Phi) is 7.24. The Labute approximate surface area is 154 Å². The maximum atomic E-state index is 12.8. The molecule has 0 saturated carbocycles. The highest BCUT2D eigenvalue weighted by atomic mass is 32.2. The molecule has 1 aromatic carbocycles. The van der Waals surface area contributed by atoms with Gasteiger partial charge in [0.25, 0.3) is 0 Å². The van der Waals surface area contributed by atoms with Crippen LogP contribution in [-0.4, -0.2) is 57.7 Å². The normalized spacial score (nSPS) is 15.7. The van der Waals surface area contributed by atoms with E-state index in [0.717, 1.165) is 6.42 Å². The largest absolute Gasteiger partial charge is 0.489 e. The first-order valence-electron chi connectivity index (χ1n) is 8.78. The highest BCUT2D eigenvalue weighted by Crippen LogP contribution is 2.30. The molecule has 1 saturated heterocycles. The van der Waals surface area contributed by atoms with Gasteiger partial charge < -0.3 is 20.1 Å². The Bertz CT molecular complexity index is 715. The summed E-state index contributed by atoms with van der Waals surface area (Å²) in [6, 6.07) is 4.11. The van der Waals surface area contributed by atoms with Crippen LogP contribution in [0.5, 0.6) is 5.75 Å². The van der Waals surface area contributed by atoms with Crippen molar-refractivity contribution in [1.29, 1.82) is 0 Å². The maximum absolute atomic E-state index is 12.8. The molecule has 26 heavy (non-hydrogen) atoms. The first kappa shape index (κ1) is 20.5. The van der Waals surface area contributed by atoms with Crippen molar-refractivity contribution in [2.24, 2.45) is 0 Å². The fraction of sp³-hybridized carbons (Fsp3) is 0.588. The van der Waals surface area contributed by atoms with Gasteiger partial charge in [0.15, 0.2) is 0 Å². The molecule has 0 spiro atoms. The van der Waals surface area contributed by atoms with Gasteiger partial charge in [-0.15, -0.1) is 0 Å². The zero-order valence-corrected chi connectivity index (χ0v) is 16.3. The molecular formula is C17H27N3O5S. The van der Waals surface area contributed by atoms with Gasteiger partial charge in [0.2, 0.25) is 10.0 Å². The topological polar surface area (TPSA) is 97.0 Å². The summed E-state index contributed by atoms with van der Waals surface area (Å²) in [5.74, 6) is 0.424. The highest BCUT2D eigenvalue weighted by molar-refractivity contribution is 7.89. The summed E-state index contributed by atoms with van der Waals surface area (Å²) in [6.45, 7) is 7.56. The number of rotatable bonds is 7. The second-order valence-electron chi connectivity index (χ2n) is 6.22. The molecule has 1 fully saturated rings. The highest BCUT2D eigenvalue weighted by Gasteiger charge is 2.27. The number of benzene rings is 1. The smallest absolute Gasteiger partial charge is 0.319 e. The van der Waals surface area contributed by atoms with Crippen molar-refractivity contribution in [3.05, 3.63) is 18.2 Å². The number of anilines is 1. The van der Waals surface area contributed by atoms with E-state index in [1.54, 1.807) is 6.07 Å². The van der Waals surface area contributed by atoms with Gasteiger partial charge in [0.05, 0.1) is 29.9 Å². The third kappa shape index (κ3) is 5.33. The van der Waals surface area contributed by atoms with Crippen LogP contribution in [0.15, 0.2) is 23.1 Å². The van der Waals surface area contributed by atoms with Crippen molar-refractivity contribution in [1.82, 2.24) is 9.62 Å². The summed E-state index contributed by atoms with van der Waals surface area (Å²) in [7, 11) is -3.66. The average molecular weight is 385 g/mol. The molecule has 0 aromatic heterocycles. The first-order valence-corrected chi connectivity index (χ1v) is 10.2. The minimum absolute atomic E-state index is 0.112. The molecular weight excluding hydrogens is 358 g/mol. The second kappa shape index (κ2) is 9.20. The van der Waals surface area contributed by atoms with Crippen molar-refractivity contribution < 1.29 is 22.7 Å². The minimum atomic E-state index is -3.66. The van der Waals surface area contributed by atoms with Gasteiger partial charge in [-0.25, -0.2) is 13.2 Å². The Morgan fingerprint density at radius 2 is 2.00 bits per heavy atom. The van der Waals surface area contributed by atoms with E-state index in [-0.39, 0.29) is 11.0 Å². The monoisotopic (exact) mass is 385 g/mol. The number of amides is 2. The van der Waals surface area contributed by atoms with Crippen LogP contribution in [0.2, 0.25) is 0 Å². The van der Waals surface area contributed by atoms with Crippen LogP contribution in [0.4, 0.5) is 10.5 Å². The van der Waals surface area contributed by atoms with Crippen LogP contribution in [0, 0.1) is 0 Å². The first-order chi connectivity index (χ1) is 12.3. The quantitative estimate of drug-likeness (QED) is 0.748. The van der Waals surface area contributed by atoms with E-state index in [1.165, 1.54) is 16.4 Å². The number of carbonyl (C=O) groups excluding carboxylic acids is 1. The number of hydrogen-bond donors (Lipinski definition) is 2. The summed E-state index contributed by atoms with van der Waals surface area (Å²) in [4.78, 5) is 12.1. The van der Waals surface area contributed by atoms with Gasteiger partial charge in [0.1, 0.15) is 5.75 Å². The van der Waals surface area contributed by atoms with E-state index >= 15 is 0 Å². The van der Waals surface area contributed by atoms with Gasteiger partial charge in [-0.1, -0.05) is 6.92 Å². The molecule has 9 heteroatoms. The predicted octanol–water partition coefficient (Wildman–Crippen LogP) is 2.03. The lowest BCUT2D eigenvalue weighted by molar-refractivity contribution is 0.0730. The van der Waals surface area contributed by atoms with Crippen LogP contribution in [0.25, 0.3) is 0 Å². The number of urea groups is 1. The average Bonchev–Trinajstić information content (AvgIpc) is 2.61. The van der Waals surface area contributed by atoms with Gasteiger partial charge in [-0.2, -0.15) is 4.31 Å². The molecule has 0 unspecified atom stereocenters. The van der Waals surface area contributed by atoms with Crippen molar-refractivity contribution in [3.63, 3.8) is 0 Å². The van der Waals surface area contributed by atoms with Gasteiger partial charge in [-0.05, 0) is 38.5 Å². The molecule has 2 N–H and O–H groups in total. The SMILES string of the molecule is CCCNC(=O)Nc1cc(S(=O)(=O)N2CCOCC2)ccc1OC(C)C. The molecule has 1 aliphatic heterocycles. The predicted molar refractivity (Wildman–Crippen MR) is 99.1 cm³/mol. The number of nitrogens with one attached hydrogen (secondary N) is 2. The van der Waals surface area contributed by atoms with Crippen LogP contribution < -0.4 is 15.4 Å². The van der Waals surface area contributed by atoms with E-state index in [4.69, 9.17) is 9.47 Å². The number of morpholine rings is 1. The van der Waals surface area contributed by atoms with Crippen molar-refractivity contribution in [3.8, 4) is 5.75 Å². The van der Waals surface area contributed by atoms with Crippen LogP contribution in [-0.2, 0) is 14.8 Å². The Morgan fingerprint density at radius 3 is 2.62 bits per heavy atom. The molecule has 8 nitrogen and oxygen atoms in total. The molecule has 0 bridgehead atoms. The summed E-state index contributed by atoms with van der Waals surface area (Å²) in [6.07, 6.45) is 0.685. The van der Waals surface area contributed by atoms with Gasteiger partial charge in [-0.3, -0.25) is 0 Å². The minimum Gasteiger partial charge on any atom is -0.489 e. The molecule has 2 amide bonds. The van der Waals surface area contributed by atoms with Gasteiger partial charge >= 0.3 is 6.03 Å². The molecule has 0 atom stereocenters. The van der Waals surface area contributed by atoms with Crippen molar-refractivity contribution in [2.45, 2.75) is 38.2 Å². The zero-order chi connectivity index (χ0) is 19.2. The lowest BCUT2D eigenvalue weighted by Gasteiger charge is -2.26. The Morgan fingerprint density at radius 1 is 1.31 bits per heavy atom. The molecule has 1 aliphatic rings. The van der Waals surface area contributed by atoms with E-state index in [0.29, 0.717) is 44.3 Å². The number of hydrogen-bond acceptors (Lipinski definition) is 5. The molecule has 146 valence electrons. The van der Waals surface area contributed by atoms with Crippen molar-refractivity contribution >= 4 is 21.7 Å². The Hall–Kier alpha value is -1.84. The fourth-order valence-electron chi connectivity index (χ4n) is 2.47. The van der Waals surface area contributed by atoms with Crippen molar-refractivity contribution in [2.75, 3.05) is 38.2 Å². The molecule has 2 rings (SSSR count). The molecule has 1 aromatic rings. The van der Waals surface area contributed by atoms with E-state index < -0.39 is 16.1 Å². The van der Waals surface area contributed by atoms with Crippen LogP contribution >= 0.6 is 0 Å². The lowest BCUT2D eigenvalue weighted by atomic mass is 10.3. The third-order valence-corrected chi connectivity index (χ3v) is 5.60. The summed E-state index contributed by atoms with van der Waals surface area (Å²) in [5.41, 5.74) is 0.321. The zero-order valence-electron chi connectivity index (χ0n) is 15.4. The van der Waals surface area contributed by atoms with Crippen LogP contribution in [0.1, 0.15) is 27.2 Å². The van der Waals surface area contributed by atoms with E-state index in [9.17, 15) is 13.2 Å². The summed E-state index contributed by atoms with van der Waals surface area (Å²) in [5, 5.41) is 5.38. The standard InChI is InChI=1S/C17H27N3O5S/c1-4-7-18-17(21)19-15-12-14(5-6-16(15)25-13(2)3)26(22,23)20-8-10-24-11-9-20/h5-6,12-13H,4,7-11H2,1-3H3,(H2,18,19,21). The third-order valence-electron chi connectivity index (χ3n) is 3.71.